The lowest BCUT2D eigenvalue weighted by Crippen LogP contribution is -2.27. The predicted molar refractivity (Wildman–Crippen MR) is 76.7 cm³/mol. The molecule has 0 aromatic heterocycles. The molecule has 1 aromatic rings. The van der Waals surface area contributed by atoms with Gasteiger partial charge in [0.1, 0.15) is 5.60 Å². The maximum atomic E-state index is 11.7. The van der Waals surface area contributed by atoms with Crippen molar-refractivity contribution < 1.29 is 14.6 Å². The van der Waals surface area contributed by atoms with Gasteiger partial charge in [0.15, 0.2) is 0 Å². The van der Waals surface area contributed by atoms with Crippen LogP contribution < -0.4 is 5.32 Å². The number of carbonyl (C=O) groups is 1. The van der Waals surface area contributed by atoms with Gasteiger partial charge in [0.2, 0.25) is 0 Å². The highest BCUT2D eigenvalue weighted by Gasteiger charge is 2.17. The molecule has 0 spiro atoms. The summed E-state index contributed by atoms with van der Waals surface area (Å²) in [5, 5.41) is 12.4. The summed E-state index contributed by atoms with van der Waals surface area (Å²) in [6.07, 6.45) is -0.501. The minimum Gasteiger partial charge on any atom is -0.444 e. The van der Waals surface area contributed by atoms with Gasteiger partial charge in [-0.2, -0.15) is 0 Å². The van der Waals surface area contributed by atoms with Crippen molar-refractivity contribution in [1.82, 2.24) is 0 Å². The molecule has 0 saturated carbocycles. The van der Waals surface area contributed by atoms with E-state index >= 15 is 0 Å². The van der Waals surface area contributed by atoms with Crippen molar-refractivity contribution in [1.29, 1.82) is 0 Å². The highest BCUT2D eigenvalue weighted by Crippen LogP contribution is 2.24. The van der Waals surface area contributed by atoms with Crippen molar-refractivity contribution in [3.05, 3.63) is 28.8 Å². The summed E-state index contributed by atoms with van der Waals surface area (Å²) >= 11 is 6.02. The summed E-state index contributed by atoms with van der Waals surface area (Å²) in [6, 6.07) is 5.24. The normalized spacial score (nSPS) is 12.9. The molecule has 0 saturated heterocycles. The third kappa shape index (κ3) is 5.94. The first-order valence-corrected chi connectivity index (χ1v) is 6.51. The Labute approximate surface area is 118 Å². The molecule has 19 heavy (non-hydrogen) atoms. The van der Waals surface area contributed by atoms with E-state index in [1.54, 1.807) is 39.8 Å². The van der Waals surface area contributed by atoms with E-state index in [0.29, 0.717) is 17.1 Å². The molecule has 0 bridgehead atoms. The standard InChI is InChI=1S/C14H20ClNO3/c1-9(17)7-10-5-6-11(15)12(8-10)16-13(18)19-14(2,3)4/h5-6,8-9,17H,7H2,1-4H3,(H,16,18)/t9-/m1/s1. The van der Waals surface area contributed by atoms with Crippen LogP contribution in [0.25, 0.3) is 0 Å². The van der Waals surface area contributed by atoms with Crippen LogP contribution in [0.2, 0.25) is 5.02 Å². The number of nitrogens with one attached hydrogen (secondary N) is 1. The first kappa shape index (κ1) is 15.8. The second-order valence-electron chi connectivity index (χ2n) is 5.49. The number of hydrogen-bond acceptors (Lipinski definition) is 3. The molecule has 0 aliphatic rings. The monoisotopic (exact) mass is 285 g/mol. The number of carbonyl (C=O) groups excluding carboxylic acids is 1. The first-order chi connectivity index (χ1) is 8.67. The molecular formula is C14H20ClNO3. The number of halogens is 1. The molecule has 0 unspecified atom stereocenters. The number of hydrogen-bond donors (Lipinski definition) is 2. The zero-order valence-corrected chi connectivity index (χ0v) is 12.4. The second-order valence-corrected chi connectivity index (χ2v) is 5.90. The van der Waals surface area contributed by atoms with Gasteiger partial charge in [-0.05, 0) is 51.8 Å². The molecular weight excluding hydrogens is 266 g/mol. The summed E-state index contributed by atoms with van der Waals surface area (Å²) in [6.45, 7) is 7.07. The van der Waals surface area contributed by atoms with Gasteiger partial charge in [-0.3, -0.25) is 5.32 Å². The van der Waals surface area contributed by atoms with Crippen LogP contribution in [0.5, 0.6) is 0 Å². The minimum absolute atomic E-state index is 0.431. The van der Waals surface area contributed by atoms with Crippen LogP contribution in [0.1, 0.15) is 33.3 Å². The van der Waals surface area contributed by atoms with Crippen molar-refractivity contribution in [2.75, 3.05) is 5.32 Å². The molecule has 2 N–H and O–H groups in total. The maximum absolute atomic E-state index is 11.7. The lowest BCUT2D eigenvalue weighted by molar-refractivity contribution is 0.0636. The highest BCUT2D eigenvalue weighted by atomic mass is 35.5. The van der Waals surface area contributed by atoms with Gasteiger partial charge < -0.3 is 9.84 Å². The van der Waals surface area contributed by atoms with E-state index < -0.39 is 17.8 Å². The molecule has 0 aliphatic carbocycles. The maximum Gasteiger partial charge on any atom is 0.412 e. The molecule has 0 radical (unpaired) electrons. The quantitative estimate of drug-likeness (QED) is 0.892. The number of amides is 1. The van der Waals surface area contributed by atoms with Crippen molar-refractivity contribution in [2.45, 2.75) is 45.8 Å². The average molecular weight is 286 g/mol. The summed E-state index contributed by atoms with van der Waals surface area (Å²) in [7, 11) is 0. The van der Waals surface area contributed by atoms with Crippen molar-refractivity contribution >= 4 is 23.4 Å². The van der Waals surface area contributed by atoms with Gasteiger partial charge in [-0.15, -0.1) is 0 Å². The lowest BCUT2D eigenvalue weighted by Gasteiger charge is -2.20. The van der Waals surface area contributed by atoms with Gasteiger partial charge in [0, 0.05) is 0 Å². The third-order valence-electron chi connectivity index (χ3n) is 2.20. The highest BCUT2D eigenvalue weighted by molar-refractivity contribution is 6.33. The van der Waals surface area contributed by atoms with Crippen molar-refractivity contribution in [2.24, 2.45) is 0 Å². The topological polar surface area (TPSA) is 58.6 Å². The fourth-order valence-electron chi connectivity index (χ4n) is 1.55. The summed E-state index contributed by atoms with van der Waals surface area (Å²) in [4.78, 5) is 11.7. The van der Waals surface area contributed by atoms with E-state index in [1.807, 2.05) is 6.07 Å². The third-order valence-corrected chi connectivity index (χ3v) is 2.53. The minimum atomic E-state index is -0.562. The Morgan fingerprint density at radius 2 is 2.11 bits per heavy atom. The number of ether oxygens (including phenoxy) is 1. The number of rotatable bonds is 3. The predicted octanol–water partition coefficient (Wildman–Crippen LogP) is 3.61. The Balaban J connectivity index is 2.79. The number of aliphatic hydroxyl groups excluding tert-OH is 1. The molecule has 1 aromatic carbocycles. The van der Waals surface area contributed by atoms with E-state index in [0.717, 1.165) is 5.56 Å². The van der Waals surface area contributed by atoms with Gasteiger partial charge in [0.05, 0.1) is 16.8 Å². The van der Waals surface area contributed by atoms with Crippen LogP contribution in [0, 0.1) is 0 Å². The Kier molecular flexibility index (Phi) is 5.20. The summed E-state index contributed by atoms with van der Waals surface area (Å²) in [5.41, 5.74) is 0.813. The average Bonchev–Trinajstić information content (AvgIpc) is 2.19. The largest absolute Gasteiger partial charge is 0.444 e. The summed E-state index contributed by atoms with van der Waals surface area (Å²) in [5.74, 6) is 0. The molecule has 5 heteroatoms. The van der Waals surface area contributed by atoms with Crippen LogP contribution in [-0.2, 0) is 11.2 Å². The van der Waals surface area contributed by atoms with E-state index in [4.69, 9.17) is 16.3 Å². The van der Waals surface area contributed by atoms with Gasteiger partial charge in [-0.25, -0.2) is 4.79 Å². The van der Waals surface area contributed by atoms with Crippen molar-refractivity contribution in [3.8, 4) is 0 Å². The van der Waals surface area contributed by atoms with E-state index in [1.165, 1.54) is 0 Å². The fourth-order valence-corrected chi connectivity index (χ4v) is 1.71. The van der Waals surface area contributed by atoms with Gasteiger partial charge >= 0.3 is 6.09 Å². The summed E-state index contributed by atoms with van der Waals surface area (Å²) < 4.78 is 5.16. The molecule has 0 heterocycles. The SMILES string of the molecule is C[C@@H](O)Cc1ccc(Cl)c(NC(=O)OC(C)(C)C)c1. The van der Waals surface area contributed by atoms with Crippen LogP contribution >= 0.6 is 11.6 Å². The zero-order valence-electron chi connectivity index (χ0n) is 11.7. The van der Waals surface area contributed by atoms with Crippen LogP contribution in [0.3, 0.4) is 0 Å². The van der Waals surface area contributed by atoms with Crippen LogP contribution in [-0.4, -0.2) is 22.9 Å². The van der Waals surface area contributed by atoms with Crippen LogP contribution in [0.4, 0.5) is 10.5 Å². The number of benzene rings is 1. The Bertz CT molecular complexity index is 452. The molecule has 4 nitrogen and oxygen atoms in total. The lowest BCUT2D eigenvalue weighted by atomic mass is 10.1. The smallest absolute Gasteiger partial charge is 0.412 e. The first-order valence-electron chi connectivity index (χ1n) is 6.14. The molecule has 0 aliphatic heterocycles. The fraction of sp³-hybridized carbons (Fsp3) is 0.500. The van der Waals surface area contributed by atoms with E-state index in [2.05, 4.69) is 5.32 Å². The molecule has 1 atom stereocenters. The van der Waals surface area contributed by atoms with E-state index in [-0.39, 0.29) is 0 Å². The van der Waals surface area contributed by atoms with Gasteiger partial charge in [-0.1, -0.05) is 17.7 Å². The Morgan fingerprint density at radius 1 is 1.47 bits per heavy atom. The molecule has 106 valence electrons. The molecule has 1 rings (SSSR count). The van der Waals surface area contributed by atoms with Crippen molar-refractivity contribution in [3.63, 3.8) is 0 Å². The second kappa shape index (κ2) is 6.26. The molecule has 0 fully saturated rings. The Hall–Kier alpha value is -1.26. The van der Waals surface area contributed by atoms with Crippen LogP contribution in [0.15, 0.2) is 18.2 Å². The number of anilines is 1. The number of aliphatic hydroxyl groups is 1. The Morgan fingerprint density at radius 3 is 2.63 bits per heavy atom. The molecule has 1 amide bonds. The van der Waals surface area contributed by atoms with Gasteiger partial charge in [0.25, 0.3) is 0 Å². The van der Waals surface area contributed by atoms with E-state index in [9.17, 15) is 9.90 Å². The zero-order chi connectivity index (χ0) is 14.6.